The highest BCUT2D eigenvalue weighted by molar-refractivity contribution is 6.31. The lowest BCUT2D eigenvalue weighted by atomic mass is 10.1. The van der Waals surface area contributed by atoms with Crippen LogP contribution >= 0.6 is 11.6 Å². The van der Waals surface area contributed by atoms with Crippen molar-refractivity contribution in [2.24, 2.45) is 0 Å². The predicted molar refractivity (Wildman–Crippen MR) is 129 cm³/mol. The number of benzene rings is 2. The van der Waals surface area contributed by atoms with Crippen molar-refractivity contribution >= 4 is 45.5 Å². The molecule has 7 nitrogen and oxygen atoms in total. The maximum atomic E-state index is 14.3. The van der Waals surface area contributed by atoms with E-state index in [9.17, 15) is 14.4 Å². The van der Waals surface area contributed by atoms with Gasteiger partial charge in [0, 0.05) is 44.1 Å². The molecule has 3 rings (SSSR count). The number of ether oxygens (including phenoxy) is 1. The molecule has 0 spiro atoms. The van der Waals surface area contributed by atoms with Crippen molar-refractivity contribution in [2.45, 2.75) is 6.92 Å². The Morgan fingerprint density at radius 1 is 1.45 bits per heavy atom. The Morgan fingerprint density at radius 2 is 2.27 bits per heavy atom. The monoisotopic (exact) mass is 481 g/mol. The van der Waals surface area contributed by atoms with Gasteiger partial charge < -0.3 is 20.3 Å². The van der Waals surface area contributed by atoms with Gasteiger partial charge >= 0.3 is 0 Å². The minimum Gasteiger partial charge on any atom is -0.492 e. The van der Waals surface area contributed by atoms with Gasteiger partial charge in [0.2, 0.25) is 5.91 Å². The average molecular weight is 482 g/mol. The summed E-state index contributed by atoms with van der Waals surface area (Å²) in [5.41, 5.74) is -2.80. The molecule has 0 aliphatic heterocycles. The molecule has 0 aliphatic carbocycles. The normalized spacial score (nSPS) is 18.5. The third-order valence-corrected chi connectivity index (χ3v) is 4.04. The first-order chi connectivity index (χ1) is 21.6. The van der Waals surface area contributed by atoms with Crippen LogP contribution in [0.1, 0.15) is 31.7 Å². The molecule has 0 aliphatic rings. The van der Waals surface area contributed by atoms with Crippen LogP contribution in [0.2, 0.25) is 5.02 Å². The first-order valence-electron chi connectivity index (χ1n) is 16.1. The van der Waals surface area contributed by atoms with E-state index >= 15 is 0 Å². The fourth-order valence-electron chi connectivity index (χ4n) is 2.48. The third-order valence-electron chi connectivity index (χ3n) is 3.78. The molecule has 0 saturated carbocycles. The molecule has 170 valence electrons. The topological polar surface area (TPSA) is 90.3 Å². The van der Waals surface area contributed by atoms with Crippen LogP contribution in [0.25, 0.3) is 10.9 Å². The molecule has 2 aromatic carbocycles. The van der Waals surface area contributed by atoms with Crippen LogP contribution in [0, 0.1) is 17.1 Å². The van der Waals surface area contributed by atoms with E-state index in [1.807, 2.05) is 0 Å². The molecule has 0 bridgehead atoms. The average Bonchev–Trinajstić information content (AvgIpc) is 2.98. The van der Waals surface area contributed by atoms with Crippen molar-refractivity contribution in [1.29, 1.82) is 5.26 Å². The SMILES string of the molecule is [2H]/C(CN(C([2H])([2H])[2H])C([2H])([2H])[2H])=C(/[2H])C(=O)Nc1c(OCC)c([2H])c2nc([2H])c(C#N)c(Nc3c([2H])c([2H])c(F)c(Cl)c3[2H])c2c1[2H]. The number of carbonyl (C=O) groups excluding carboxylic acids is 1. The highest BCUT2D eigenvalue weighted by Gasteiger charge is 2.15. The number of nitrogens with one attached hydrogen (secondary N) is 2. The predicted octanol–water partition coefficient (Wildman–Crippen LogP) is 5.10. The Kier molecular flexibility index (Phi) is 3.74. The smallest absolute Gasteiger partial charge is 0.248 e. The summed E-state index contributed by atoms with van der Waals surface area (Å²) < 4.78 is 131. The van der Waals surface area contributed by atoms with E-state index in [2.05, 4.69) is 15.6 Å². The Bertz CT molecular complexity index is 1820. The van der Waals surface area contributed by atoms with Crippen LogP contribution in [0.15, 0.2) is 48.5 Å². The largest absolute Gasteiger partial charge is 0.492 e. The van der Waals surface area contributed by atoms with Crippen LogP contribution in [-0.2, 0) is 4.79 Å². The van der Waals surface area contributed by atoms with Gasteiger partial charge in [0.25, 0.3) is 0 Å². The first kappa shape index (κ1) is 11.5. The molecular formula is C24H23ClFN5O2. The van der Waals surface area contributed by atoms with Gasteiger partial charge in [0.05, 0.1) is 45.1 Å². The summed E-state index contributed by atoms with van der Waals surface area (Å²) in [5, 5.41) is 13.1. The van der Waals surface area contributed by atoms with Gasteiger partial charge in [-0.2, -0.15) is 5.26 Å². The van der Waals surface area contributed by atoms with Crippen LogP contribution in [-0.4, -0.2) is 42.9 Å². The molecule has 0 atom stereocenters. The molecule has 9 heteroatoms. The van der Waals surface area contributed by atoms with E-state index in [1.165, 1.54) is 6.92 Å². The second-order valence-corrected chi connectivity index (χ2v) is 6.42. The van der Waals surface area contributed by atoms with Crippen molar-refractivity contribution in [3.8, 4) is 11.8 Å². The molecule has 1 amide bonds. The number of amides is 1. The Balaban J connectivity index is 2.32. The van der Waals surface area contributed by atoms with Gasteiger partial charge in [-0.15, -0.1) is 0 Å². The quantitative estimate of drug-likeness (QED) is 0.435. The molecule has 1 aromatic heterocycles. The molecule has 0 unspecified atom stereocenters. The lowest BCUT2D eigenvalue weighted by Gasteiger charge is -2.16. The maximum absolute atomic E-state index is 14.3. The molecule has 0 radical (unpaired) electrons. The Hall–Kier alpha value is -3.67. The number of hydrogen-bond donors (Lipinski definition) is 2. The van der Waals surface area contributed by atoms with E-state index in [4.69, 9.17) is 35.5 Å². The number of pyridine rings is 1. The number of nitriles is 1. The fourth-order valence-corrected chi connectivity index (χ4v) is 2.62. The standard InChI is InChI=1S/C24H23ClFN5O2/c1-4-33-22-12-20-17(11-21(22)30-23(32)6-5-9-31(2)3)24(15(13-27)14-28-20)29-16-7-8-19(26)18(25)10-16/h5-8,10-12,14H,4,9H2,1-3H3,(H,28,29)(H,30,32)/b6-5+/i2D3,3D3,5D,6D,7D,8D,10D,11D,12D,14D. The molecule has 3 aromatic rings. The highest BCUT2D eigenvalue weighted by Crippen LogP contribution is 2.36. The summed E-state index contributed by atoms with van der Waals surface area (Å²) >= 11 is 5.83. The van der Waals surface area contributed by atoms with E-state index in [1.54, 1.807) is 6.07 Å². The molecule has 0 saturated heterocycles. The summed E-state index contributed by atoms with van der Waals surface area (Å²) in [4.78, 5) is 17.0. The van der Waals surface area contributed by atoms with E-state index in [0.29, 0.717) is 0 Å². The van der Waals surface area contributed by atoms with E-state index in [-0.39, 0.29) is 11.5 Å². The van der Waals surface area contributed by atoms with Crippen LogP contribution < -0.4 is 15.4 Å². The molecule has 2 N–H and O–H groups in total. The molecule has 1 heterocycles. The van der Waals surface area contributed by atoms with Crippen LogP contribution in [0.3, 0.4) is 0 Å². The summed E-state index contributed by atoms with van der Waals surface area (Å²) in [6, 6.07) is -4.72. The zero-order chi connectivity index (χ0) is 35.9. The molecule has 33 heavy (non-hydrogen) atoms. The molecule has 0 fully saturated rings. The number of nitrogens with zero attached hydrogens (tertiary/aromatic N) is 3. The Labute approximate surface area is 216 Å². The zero-order valence-corrected chi connectivity index (χ0v) is 17.6. The fraction of sp³-hybridized carbons (Fsp3) is 0.208. The third kappa shape index (κ3) is 5.98. The minimum absolute atomic E-state index is 0.0554. The van der Waals surface area contributed by atoms with Gasteiger partial charge in [-0.3, -0.25) is 9.78 Å². The van der Waals surface area contributed by atoms with Crippen molar-refractivity contribution in [3.63, 3.8) is 0 Å². The highest BCUT2D eigenvalue weighted by atomic mass is 35.5. The number of anilines is 3. The number of hydrogen-bond acceptors (Lipinski definition) is 6. The van der Waals surface area contributed by atoms with Crippen LogP contribution in [0.4, 0.5) is 21.5 Å². The number of halogens is 2. The summed E-state index contributed by atoms with van der Waals surface area (Å²) in [6.07, 6.45) is -0.740. The number of rotatable bonds is 8. The van der Waals surface area contributed by atoms with Crippen molar-refractivity contribution < 1.29 is 33.1 Å². The van der Waals surface area contributed by atoms with Gasteiger partial charge in [-0.05, 0) is 45.0 Å². The van der Waals surface area contributed by atoms with Crippen molar-refractivity contribution in [3.05, 3.63) is 64.9 Å². The second-order valence-electron chi connectivity index (χ2n) is 6.04. The number of likely N-dealkylation sites (N-methyl/N-ethyl adjacent to an activating group) is 1. The van der Waals surface area contributed by atoms with Gasteiger partial charge in [-0.1, -0.05) is 17.7 Å². The van der Waals surface area contributed by atoms with Crippen molar-refractivity contribution in [1.82, 2.24) is 9.88 Å². The molecular weight excluding hydrogens is 445 g/mol. The number of fused-ring (bicyclic) bond motifs is 1. The summed E-state index contributed by atoms with van der Waals surface area (Å²) in [7, 11) is 0. The van der Waals surface area contributed by atoms with Crippen LogP contribution in [0.5, 0.6) is 5.75 Å². The summed E-state index contributed by atoms with van der Waals surface area (Å²) in [6.45, 7) is -6.32. The number of carbonyl (C=O) groups is 1. The zero-order valence-electron chi connectivity index (χ0n) is 30.8. The lowest BCUT2D eigenvalue weighted by Crippen LogP contribution is -2.13. The van der Waals surface area contributed by atoms with Gasteiger partial charge in [-0.25, -0.2) is 4.39 Å². The van der Waals surface area contributed by atoms with Crippen molar-refractivity contribution in [2.75, 3.05) is 37.7 Å². The number of aromatic nitrogens is 1. The Morgan fingerprint density at radius 3 is 3.00 bits per heavy atom. The van der Waals surface area contributed by atoms with E-state index < -0.39 is 125 Å². The van der Waals surface area contributed by atoms with E-state index in [0.717, 1.165) is 0 Å². The second kappa shape index (κ2) is 10.8. The van der Waals surface area contributed by atoms with Gasteiger partial charge in [0.15, 0.2) is 0 Å². The van der Waals surface area contributed by atoms with Gasteiger partial charge in [0.1, 0.15) is 17.6 Å². The first-order valence-corrected chi connectivity index (χ1v) is 9.45. The summed E-state index contributed by atoms with van der Waals surface area (Å²) in [5.74, 6) is -3.33. The maximum Gasteiger partial charge on any atom is 0.248 e. The lowest BCUT2D eigenvalue weighted by molar-refractivity contribution is -0.111. The minimum atomic E-state index is -3.23.